The van der Waals surface area contributed by atoms with Crippen LogP contribution in [0.15, 0.2) is 35.4 Å². The van der Waals surface area contributed by atoms with Crippen LogP contribution in [0, 0.1) is 12.8 Å². The van der Waals surface area contributed by atoms with Crippen LogP contribution < -0.4 is 15.6 Å². The van der Waals surface area contributed by atoms with Crippen LogP contribution in [-0.4, -0.2) is 22.1 Å². The van der Waals surface area contributed by atoms with Gasteiger partial charge in [0.05, 0.1) is 6.61 Å². The number of amides is 1. The average Bonchev–Trinajstić information content (AvgIpc) is 2.56. The van der Waals surface area contributed by atoms with Crippen molar-refractivity contribution in [2.24, 2.45) is 5.92 Å². The predicted molar refractivity (Wildman–Crippen MR) is 98.3 cm³/mol. The summed E-state index contributed by atoms with van der Waals surface area (Å²) < 4.78 is 7.05. The molecule has 0 radical (unpaired) electrons. The Balaban J connectivity index is 2.30. The summed E-state index contributed by atoms with van der Waals surface area (Å²) in [6.45, 7) is 8.86. The van der Waals surface area contributed by atoms with Gasteiger partial charge in [-0.15, -0.1) is 0 Å². The lowest BCUT2D eigenvalue weighted by atomic mass is 10.1. The lowest BCUT2D eigenvalue weighted by molar-refractivity contribution is 0.102. The number of aryl methyl sites for hydroxylation is 2. The molecule has 0 fully saturated rings. The van der Waals surface area contributed by atoms with E-state index in [1.165, 1.54) is 0 Å². The number of anilines is 1. The van der Waals surface area contributed by atoms with Crippen LogP contribution in [0.5, 0.6) is 5.75 Å². The highest BCUT2D eigenvalue weighted by Crippen LogP contribution is 2.21. The summed E-state index contributed by atoms with van der Waals surface area (Å²) in [7, 11) is 0. The number of nitrogens with one attached hydrogen (secondary N) is 1. The predicted octanol–water partition coefficient (Wildman–Crippen LogP) is 3.25. The van der Waals surface area contributed by atoms with E-state index in [1.807, 2.05) is 6.92 Å². The highest BCUT2D eigenvalue weighted by atomic mass is 16.5. The van der Waals surface area contributed by atoms with Gasteiger partial charge in [-0.1, -0.05) is 13.8 Å². The molecule has 0 aliphatic rings. The number of hydrogen-bond acceptors (Lipinski definition) is 4. The Morgan fingerprint density at radius 3 is 2.80 bits per heavy atom. The molecule has 0 atom stereocenters. The minimum Gasteiger partial charge on any atom is -0.490 e. The van der Waals surface area contributed by atoms with Gasteiger partial charge in [-0.05, 0) is 49.9 Å². The van der Waals surface area contributed by atoms with Gasteiger partial charge in [0.25, 0.3) is 11.5 Å². The number of aromatic nitrogens is 2. The van der Waals surface area contributed by atoms with E-state index in [1.54, 1.807) is 42.1 Å². The number of nitrogens with zero attached hydrogens (tertiary/aromatic N) is 2. The monoisotopic (exact) mass is 343 g/mol. The van der Waals surface area contributed by atoms with Gasteiger partial charge in [-0.25, -0.2) is 4.98 Å². The van der Waals surface area contributed by atoms with Gasteiger partial charge in [-0.3, -0.25) is 9.59 Å². The summed E-state index contributed by atoms with van der Waals surface area (Å²) in [5.74, 6) is 0.798. The molecule has 0 aliphatic heterocycles. The summed E-state index contributed by atoms with van der Waals surface area (Å²) in [6, 6.07) is 5.25. The summed E-state index contributed by atoms with van der Waals surface area (Å²) in [5, 5.41) is 2.70. The molecule has 6 heteroatoms. The quantitative estimate of drug-likeness (QED) is 0.837. The zero-order valence-electron chi connectivity index (χ0n) is 15.2. The fourth-order valence-corrected chi connectivity index (χ4v) is 2.44. The van der Waals surface area contributed by atoms with Crippen molar-refractivity contribution < 1.29 is 9.53 Å². The van der Waals surface area contributed by atoms with Gasteiger partial charge in [0, 0.05) is 18.9 Å². The Morgan fingerprint density at radius 2 is 2.12 bits per heavy atom. The SMILES string of the molecule is CCOc1cccnc1NC(=O)c1c(C)ccn(CCC(C)C)c1=O. The third-order valence-corrected chi connectivity index (χ3v) is 3.85. The van der Waals surface area contributed by atoms with E-state index in [-0.39, 0.29) is 11.1 Å². The van der Waals surface area contributed by atoms with Crippen molar-refractivity contribution in [1.82, 2.24) is 9.55 Å². The second kappa shape index (κ2) is 8.46. The first-order valence-corrected chi connectivity index (χ1v) is 8.53. The van der Waals surface area contributed by atoms with E-state index < -0.39 is 5.91 Å². The molecule has 6 nitrogen and oxygen atoms in total. The maximum absolute atomic E-state index is 12.7. The first-order valence-electron chi connectivity index (χ1n) is 8.53. The zero-order chi connectivity index (χ0) is 18.4. The standard InChI is InChI=1S/C19H25N3O3/c1-5-25-15-7-6-10-20-17(15)21-18(23)16-14(4)9-12-22(19(16)24)11-8-13(2)3/h6-7,9-10,12-13H,5,8,11H2,1-4H3,(H,20,21,23). The zero-order valence-corrected chi connectivity index (χ0v) is 15.2. The normalized spacial score (nSPS) is 10.8. The molecular formula is C19H25N3O3. The fourth-order valence-electron chi connectivity index (χ4n) is 2.44. The molecule has 25 heavy (non-hydrogen) atoms. The lowest BCUT2D eigenvalue weighted by Gasteiger charge is -2.13. The topological polar surface area (TPSA) is 73.2 Å². The Bertz CT molecular complexity index is 797. The molecule has 2 aromatic rings. The van der Waals surface area contributed by atoms with Gasteiger partial charge in [0.15, 0.2) is 11.6 Å². The van der Waals surface area contributed by atoms with Crippen LogP contribution in [0.25, 0.3) is 0 Å². The molecule has 0 saturated carbocycles. The van der Waals surface area contributed by atoms with Gasteiger partial charge in [-0.2, -0.15) is 0 Å². The first kappa shape index (κ1) is 18.7. The van der Waals surface area contributed by atoms with Crippen LogP contribution >= 0.6 is 0 Å². The molecule has 0 aromatic carbocycles. The molecule has 0 unspecified atom stereocenters. The van der Waals surface area contributed by atoms with Gasteiger partial charge in [0.1, 0.15) is 5.56 Å². The molecule has 0 aliphatic carbocycles. The van der Waals surface area contributed by atoms with Gasteiger partial charge < -0.3 is 14.6 Å². The number of carbonyl (C=O) groups is 1. The third kappa shape index (κ3) is 4.68. The Morgan fingerprint density at radius 1 is 1.36 bits per heavy atom. The first-order chi connectivity index (χ1) is 11.9. The molecule has 1 N–H and O–H groups in total. The summed E-state index contributed by atoms with van der Waals surface area (Å²) in [5.41, 5.74) is 0.489. The molecule has 2 aromatic heterocycles. The van der Waals surface area contributed by atoms with Crippen LogP contribution in [-0.2, 0) is 6.54 Å². The second-order valence-electron chi connectivity index (χ2n) is 6.29. The molecule has 1 amide bonds. The Hall–Kier alpha value is -2.63. The van der Waals surface area contributed by atoms with E-state index in [2.05, 4.69) is 24.1 Å². The molecular weight excluding hydrogens is 318 g/mol. The summed E-state index contributed by atoms with van der Waals surface area (Å²) in [6.07, 6.45) is 4.18. The molecule has 0 saturated heterocycles. The van der Waals surface area contributed by atoms with E-state index in [0.717, 1.165) is 6.42 Å². The van der Waals surface area contributed by atoms with Crippen LogP contribution in [0.3, 0.4) is 0 Å². The minimum atomic E-state index is -0.471. The number of hydrogen-bond donors (Lipinski definition) is 1. The van der Waals surface area contributed by atoms with E-state index in [9.17, 15) is 9.59 Å². The van der Waals surface area contributed by atoms with Crippen molar-refractivity contribution in [3.8, 4) is 5.75 Å². The van der Waals surface area contributed by atoms with Crippen LogP contribution in [0.2, 0.25) is 0 Å². The van der Waals surface area contributed by atoms with Crippen molar-refractivity contribution >= 4 is 11.7 Å². The molecule has 0 bridgehead atoms. The van der Waals surface area contributed by atoms with Gasteiger partial charge >= 0.3 is 0 Å². The summed E-state index contributed by atoms with van der Waals surface area (Å²) >= 11 is 0. The van der Waals surface area contributed by atoms with Crippen molar-refractivity contribution in [2.45, 2.75) is 40.7 Å². The Kier molecular flexibility index (Phi) is 6.33. The molecule has 2 rings (SSSR count). The van der Waals surface area contributed by atoms with Crippen LogP contribution in [0.4, 0.5) is 5.82 Å². The minimum absolute atomic E-state index is 0.138. The molecule has 134 valence electrons. The van der Waals surface area contributed by atoms with E-state index in [0.29, 0.717) is 36.2 Å². The van der Waals surface area contributed by atoms with Crippen molar-refractivity contribution in [3.63, 3.8) is 0 Å². The molecule has 0 spiro atoms. The highest BCUT2D eigenvalue weighted by Gasteiger charge is 2.18. The largest absolute Gasteiger partial charge is 0.490 e. The summed E-state index contributed by atoms with van der Waals surface area (Å²) in [4.78, 5) is 29.5. The Labute approximate surface area is 147 Å². The lowest BCUT2D eigenvalue weighted by Crippen LogP contribution is -2.30. The smallest absolute Gasteiger partial charge is 0.263 e. The van der Waals surface area contributed by atoms with Gasteiger partial charge in [0.2, 0.25) is 0 Å². The van der Waals surface area contributed by atoms with Crippen LogP contribution in [0.1, 0.15) is 43.1 Å². The maximum atomic E-state index is 12.7. The van der Waals surface area contributed by atoms with Crippen molar-refractivity contribution in [1.29, 1.82) is 0 Å². The fraction of sp³-hybridized carbons (Fsp3) is 0.421. The maximum Gasteiger partial charge on any atom is 0.263 e. The van der Waals surface area contributed by atoms with E-state index in [4.69, 9.17) is 4.74 Å². The van der Waals surface area contributed by atoms with E-state index >= 15 is 0 Å². The average molecular weight is 343 g/mol. The highest BCUT2D eigenvalue weighted by molar-refractivity contribution is 6.05. The number of rotatable bonds is 7. The second-order valence-corrected chi connectivity index (χ2v) is 6.29. The third-order valence-electron chi connectivity index (χ3n) is 3.85. The molecule has 2 heterocycles. The van der Waals surface area contributed by atoms with Crippen molar-refractivity contribution in [3.05, 3.63) is 52.1 Å². The van der Waals surface area contributed by atoms with Crippen molar-refractivity contribution in [2.75, 3.05) is 11.9 Å². The number of ether oxygens (including phenoxy) is 1. The number of carbonyl (C=O) groups excluding carboxylic acids is 1. The number of pyridine rings is 2.